The van der Waals surface area contributed by atoms with Crippen LogP contribution in [0.4, 0.5) is 0 Å². The van der Waals surface area contributed by atoms with E-state index in [2.05, 4.69) is 56.9 Å². The van der Waals surface area contributed by atoms with Crippen molar-refractivity contribution in [1.82, 2.24) is 15.6 Å². The highest BCUT2D eigenvalue weighted by atomic mass is 32.1. The highest BCUT2D eigenvalue weighted by Crippen LogP contribution is 2.21. The van der Waals surface area contributed by atoms with E-state index in [0.717, 1.165) is 28.8 Å². The fraction of sp³-hybridized carbons (Fsp3) is 0.263. The Morgan fingerprint density at radius 1 is 1.16 bits per heavy atom. The average Bonchev–Trinajstić information content (AvgIpc) is 3.34. The second-order valence-corrected chi connectivity index (χ2v) is 7.48. The van der Waals surface area contributed by atoms with E-state index in [4.69, 9.17) is 4.98 Å². The minimum atomic E-state index is 0.453. The van der Waals surface area contributed by atoms with E-state index in [9.17, 15) is 0 Å². The lowest BCUT2D eigenvalue weighted by Crippen LogP contribution is -2.38. The van der Waals surface area contributed by atoms with Crippen molar-refractivity contribution in [2.75, 3.05) is 13.6 Å². The fourth-order valence-electron chi connectivity index (χ4n) is 2.44. The number of aliphatic imine (C=N–C) groups is 1. The third kappa shape index (κ3) is 4.90. The predicted octanol–water partition coefficient (Wildman–Crippen LogP) is 4.34. The van der Waals surface area contributed by atoms with Crippen LogP contribution in [0.15, 0.2) is 57.5 Å². The number of nitrogens with zero attached hydrogens (tertiary/aromatic N) is 2. The molecule has 0 radical (unpaired) electrons. The average molecular weight is 371 g/mol. The number of thiazole rings is 1. The third-order valence-corrected chi connectivity index (χ3v) is 5.49. The van der Waals surface area contributed by atoms with E-state index in [0.29, 0.717) is 12.5 Å². The summed E-state index contributed by atoms with van der Waals surface area (Å²) >= 11 is 3.40. The van der Waals surface area contributed by atoms with Crippen LogP contribution in [-0.4, -0.2) is 24.5 Å². The van der Waals surface area contributed by atoms with Crippen molar-refractivity contribution < 1.29 is 0 Å². The van der Waals surface area contributed by atoms with E-state index in [1.807, 2.05) is 18.2 Å². The van der Waals surface area contributed by atoms with Crippen molar-refractivity contribution in [1.29, 1.82) is 0 Å². The van der Waals surface area contributed by atoms with Gasteiger partial charge in [-0.1, -0.05) is 37.3 Å². The summed E-state index contributed by atoms with van der Waals surface area (Å²) in [5.41, 5.74) is 3.54. The Hall–Kier alpha value is -2.18. The molecule has 1 aromatic carbocycles. The van der Waals surface area contributed by atoms with Crippen molar-refractivity contribution in [3.8, 4) is 11.3 Å². The lowest BCUT2D eigenvalue weighted by molar-refractivity contribution is 0.700. The Morgan fingerprint density at radius 3 is 2.72 bits per heavy atom. The van der Waals surface area contributed by atoms with Gasteiger partial charge in [-0.2, -0.15) is 11.3 Å². The SMILES string of the molecule is CN=C(NCc1nc(-c2ccccc2)cs1)NCC(C)c1ccsc1. The number of guanidine groups is 1. The van der Waals surface area contributed by atoms with Gasteiger partial charge in [0.2, 0.25) is 0 Å². The summed E-state index contributed by atoms with van der Waals surface area (Å²) in [6, 6.07) is 12.4. The fourth-order valence-corrected chi connectivity index (χ4v) is 3.96. The molecule has 1 atom stereocenters. The molecule has 0 aliphatic carbocycles. The van der Waals surface area contributed by atoms with Crippen LogP contribution in [0.2, 0.25) is 0 Å². The van der Waals surface area contributed by atoms with Crippen LogP contribution >= 0.6 is 22.7 Å². The molecule has 130 valence electrons. The summed E-state index contributed by atoms with van der Waals surface area (Å²) in [6.45, 7) is 3.74. The van der Waals surface area contributed by atoms with Crippen LogP contribution in [0.3, 0.4) is 0 Å². The normalized spacial score (nSPS) is 12.8. The first-order valence-electron chi connectivity index (χ1n) is 8.22. The van der Waals surface area contributed by atoms with Crippen molar-refractivity contribution in [3.63, 3.8) is 0 Å². The van der Waals surface area contributed by atoms with E-state index in [1.165, 1.54) is 5.56 Å². The van der Waals surface area contributed by atoms with Gasteiger partial charge in [0.15, 0.2) is 5.96 Å². The van der Waals surface area contributed by atoms with Crippen LogP contribution < -0.4 is 10.6 Å². The van der Waals surface area contributed by atoms with Gasteiger partial charge in [-0.05, 0) is 28.3 Å². The maximum Gasteiger partial charge on any atom is 0.191 e. The monoisotopic (exact) mass is 370 g/mol. The van der Waals surface area contributed by atoms with Gasteiger partial charge in [-0.25, -0.2) is 4.98 Å². The minimum absolute atomic E-state index is 0.453. The number of aromatic nitrogens is 1. The molecule has 0 saturated heterocycles. The highest BCUT2D eigenvalue weighted by Gasteiger charge is 2.08. The smallest absolute Gasteiger partial charge is 0.191 e. The van der Waals surface area contributed by atoms with Gasteiger partial charge in [-0.3, -0.25) is 4.99 Å². The molecule has 2 N–H and O–H groups in total. The van der Waals surface area contributed by atoms with Crippen LogP contribution in [-0.2, 0) is 6.54 Å². The van der Waals surface area contributed by atoms with Gasteiger partial charge in [0.25, 0.3) is 0 Å². The Bertz CT molecular complexity index is 794. The van der Waals surface area contributed by atoms with E-state index in [1.54, 1.807) is 29.7 Å². The Labute approximate surface area is 156 Å². The maximum absolute atomic E-state index is 4.70. The third-order valence-electron chi connectivity index (χ3n) is 3.94. The van der Waals surface area contributed by atoms with Crippen LogP contribution in [0.5, 0.6) is 0 Å². The predicted molar refractivity (Wildman–Crippen MR) is 108 cm³/mol. The highest BCUT2D eigenvalue weighted by molar-refractivity contribution is 7.10. The van der Waals surface area contributed by atoms with Crippen molar-refractivity contribution in [2.24, 2.45) is 4.99 Å². The Morgan fingerprint density at radius 2 is 2.00 bits per heavy atom. The largest absolute Gasteiger partial charge is 0.356 e. The van der Waals surface area contributed by atoms with Crippen molar-refractivity contribution >= 4 is 28.6 Å². The lowest BCUT2D eigenvalue weighted by Gasteiger charge is -2.14. The van der Waals surface area contributed by atoms with Crippen LogP contribution in [0.25, 0.3) is 11.3 Å². The zero-order valence-corrected chi connectivity index (χ0v) is 16.0. The van der Waals surface area contributed by atoms with Gasteiger partial charge in [0.05, 0.1) is 12.2 Å². The van der Waals surface area contributed by atoms with Gasteiger partial charge in [0.1, 0.15) is 5.01 Å². The summed E-state index contributed by atoms with van der Waals surface area (Å²) in [6.07, 6.45) is 0. The first-order chi connectivity index (χ1) is 12.3. The standard InChI is InChI=1S/C19H22N4S2/c1-14(16-8-9-24-12-16)10-21-19(20-2)22-11-18-23-17(13-25-18)15-6-4-3-5-7-15/h3-9,12-14H,10-11H2,1-2H3,(H2,20,21,22). The number of benzene rings is 1. The molecular formula is C19H22N4S2. The van der Waals surface area contributed by atoms with Crippen molar-refractivity contribution in [3.05, 3.63) is 63.1 Å². The Balaban J connectivity index is 1.51. The van der Waals surface area contributed by atoms with E-state index in [-0.39, 0.29) is 0 Å². The topological polar surface area (TPSA) is 49.3 Å². The van der Waals surface area contributed by atoms with Gasteiger partial charge in [0, 0.05) is 24.5 Å². The number of hydrogen-bond acceptors (Lipinski definition) is 4. The second-order valence-electron chi connectivity index (χ2n) is 5.76. The molecule has 0 bridgehead atoms. The molecule has 3 aromatic rings. The number of nitrogens with one attached hydrogen (secondary N) is 2. The maximum atomic E-state index is 4.70. The second kappa shape index (κ2) is 8.78. The van der Waals surface area contributed by atoms with Gasteiger partial charge >= 0.3 is 0 Å². The molecule has 0 amide bonds. The quantitative estimate of drug-likeness (QED) is 0.501. The van der Waals surface area contributed by atoms with Gasteiger partial charge < -0.3 is 10.6 Å². The number of rotatable bonds is 6. The van der Waals surface area contributed by atoms with Crippen LogP contribution in [0.1, 0.15) is 23.4 Å². The molecule has 3 rings (SSSR count). The number of hydrogen-bond donors (Lipinski definition) is 2. The molecule has 1 unspecified atom stereocenters. The molecule has 0 fully saturated rings. The first-order valence-corrected chi connectivity index (χ1v) is 10.0. The first kappa shape index (κ1) is 17.6. The summed E-state index contributed by atoms with van der Waals surface area (Å²) in [7, 11) is 1.79. The van der Waals surface area contributed by atoms with Crippen molar-refractivity contribution in [2.45, 2.75) is 19.4 Å². The molecule has 25 heavy (non-hydrogen) atoms. The Kier molecular flexibility index (Phi) is 6.19. The zero-order valence-electron chi connectivity index (χ0n) is 14.4. The number of thiophene rings is 1. The molecule has 0 aliphatic rings. The summed E-state index contributed by atoms with van der Waals surface area (Å²) < 4.78 is 0. The summed E-state index contributed by atoms with van der Waals surface area (Å²) in [5, 5.41) is 14.2. The lowest BCUT2D eigenvalue weighted by atomic mass is 10.1. The summed E-state index contributed by atoms with van der Waals surface area (Å²) in [5.74, 6) is 1.26. The molecule has 2 aromatic heterocycles. The van der Waals surface area contributed by atoms with Crippen LogP contribution in [0, 0.1) is 0 Å². The zero-order chi connectivity index (χ0) is 17.5. The van der Waals surface area contributed by atoms with E-state index >= 15 is 0 Å². The molecule has 4 nitrogen and oxygen atoms in total. The molecule has 0 spiro atoms. The molecule has 6 heteroatoms. The molecular weight excluding hydrogens is 348 g/mol. The molecule has 0 saturated carbocycles. The van der Waals surface area contributed by atoms with E-state index < -0.39 is 0 Å². The molecule has 0 aliphatic heterocycles. The van der Waals surface area contributed by atoms with Gasteiger partial charge in [-0.15, -0.1) is 11.3 Å². The summed E-state index contributed by atoms with van der Waals surface area (Å²) in [4.78, 5) is 8.99. The minimum Gasteiger partial charge on any atom is -0.356 e. The molecule has 2 heterocycles.